The van der Waals surface area contributed by atoms with Crippen LogP contribution in [0.2, 0.25) is 0 Å². The quantitative estimate of drug-likeness (QED) is 0.778. The summed E-state index contributed by atoms with van der Waals surface area (Å²) in [6, 6.07) is 5.80. The number of nitrogens with zero attached hydrogens (tertiary/aromatic N) is 1. The minimum absolute atomic E-state index is 0.198. The van der Waals surface area contributed by atoms with Crippen molar-refractivity contribution in [2.45, 2.75) is 25.3 Å². The number of rotatable bonds is 1. The van der Waals surface area contributed by atoms with Crippen molar-refractivity contribution < 1.29 is 4.39 Å². The Morgan fingerprint density at radius 1 is 1.21 bits per heavy atom. The molecule has 1 aromatic carbocycles. The van der Waals surface area contributed by atoms with Crippen LogP contribution >= 0.6 is 12.2 Å². The van der Waals surface area contributed by atoms with Crippen LogP contribution in [0.4, 0.5) is 4.39 Å². The van der Waals surface area contributed by atoms with Crippen LogP contribution in [0, 0.1) is 34.3 Å². The van der Waals surface area contributed by atoms with Crippen LogP contribution in [0.5, 0.6) is 0 Å². The Hall–Kier alpha value is -1.16. The zero-order valence-electron chi connectivity index (χ0n) is 10.5. The van der Waals surface area contributed by atoms with Crippen LogP contribution in [-0.2, 0) is 0 Å². The topological polar surface area (TPSA) is 20.7 Å². The molecule has 3 aliphatic rings. The number of hydrogen-bond donors (Lipinski definition) is 1. The molecule has 5 rings (SSSR count). The second-order valence-corrected chi connectivity index (χ2v) is 6.80. The van der Waals surface area contributed by atoms with Gasteiger partial charge in [-0.1, -0.05) is 6.07 Å². The molecule has 2 aromatic rings. The second-order valence-electron chi connectivity index (χ2n) is 6.41. The minimum atomic E-state index is -0.198. The van der Waals surface area contributed by atoms with Crippen molar-refractivity contribution in [1.29, 1.82) is 0 Å². The maximum absolute atomic E-state index is 13.8. The van der Waals surface area contributed by atoms with Gasteiger partial charge < -0.3 is 9.55 Å². The van der Waals surface area contributed by atoms with E-state index >= 15 is 0 Å². The van der Waals surface area contributed by atoms with E-state index in [0.29, 0.717) is 16.3 Å². The van der Waals surface area contributed by atoms with Gasteiger partial charge >= 0.3 is 0 Å². The maximum Gasteiger partial charge on any atom is 0.178 e. The molecule has 19 heavy (non-hydrogen) atoms. The van der Waals surface area contributed by atoms with Crippen molar-refractivity contribution in [1.82, 2.24) is 9.55 Å². The van der Waals surface area contributed by atoms with Gasteiger partial charge in [0, 0.05) is 6.04 Å². The molecular weight excluding hydrogens is 259 g/mol. The van der Waals surface area contributed by atoms with Gasteiger partial charge in [0.2, 0.25) is 0 Å². The Morgan fingerprint density at radius 3 is 2.68 bits per heavy atom. The highest BCUT2D eigenvalue weighted by atomic mass is 32.1. The predicted octanol–water partition coefficient (Wildman–Crippen LogP) is 4.05. The predicted molar refractivity (Wildman–Crippen MR) is 73.9 cm³/mol. The summed E-state index contributed by atoms with van der Waals surface area (Å²) in [5.41, 5.74) is 1.52. The molecule has 3 saturated carbocycles. The van der Waals surface area contributed by atoms with Crippen LogP contribution in [0.15, 0.2) is 18.2 Å². The van der Waals surface area contributed by atoms with Crippen molar-refractivity contribution in [2.24, 2.45) is 23.7 Å². The number of nitrogens with one attached hydrogen (secondary N) is 1. The number of aromatic nitrogens is 2. The monoisotopic (exact) mass is 274 g/mol. The molecule has 1 aromatic heterocycles. The first-order chi connectivity index (χ1) is 9.25. The molecule has 0 amide bonds. The first-order valence-electron chi connectivity index (χ1n) is 7.14. The van der Waals surface area contributed by atoms with E-state index in [1.54, 1.807) is 6.07 Å². The van der Waals surface area contributed by atoms with E-state index in [1.165, 1.54) is 25.3 Å². The van der Waals surface area contributed by atoms with Crippen LogP contribution in [-0.4, -0.2) is 9.55 Å². The molecular formula is C15H15FN2S. The zero-order chi connectivity index (χ0) is 12.7. The van der Waals surface area contributed by atoms with Gasteiger partial charge in [-0.2, -0.15) is 0 Å². The Morgan fingerprint density at radius 2 is 1.95 bits per heavy atom. The van der Waals surface area contributed by atoms with Crippen LogP contribution in [0.1, 0.15) is 25.3 Å². The number of halogens is 1. The lowest BCUT2D eigenvalue weighted by atomic mass is 10.0. The summed E-state index contributed by atoms with van der Waals surface area (Å²) in [6.45, 7) is 0. The summed E-state index contributed by atoms with van der Waals surface area (Å²) >= 11 is 5.45. The molecule has 0 aliphatic heterocycles. The zero-order valence-corrected chi connectivity index (χ0v) is 11.3. The van der Waals surface area contributed by atoms with Crippen molar-refractivity contribution >= 4 is 23.3 Å². The molecule has 98 valence electrons. The number of aromatic amines is 1. The molecule has 1 N–H and O–H groups in total. The van der Waals surface area contributed by atoms with Gasteiger partial charge in [-0.15, -0.1) is 0 Å². The maximum atomic E-state index is 13.8. The Bertz CT molecular complexity index is 730. The number of fused-ring (bicyclic) bond motifs is 6. The SMILES string of the molecule is Fc1cccc2c1[nH]c(=S)n2C1C2C3CCC(C3)C21. The fourth-order valence-electron chi connectivity index (χ4n) is 5.03. The van der Waals surface area contributed by atoms with Gasteiger partial charge in [-0.3, -0.25) is 0 Å². The van der Waals surface area contributed by atoms with Crippen LogP contribution in [0.3, 0.4) is 0 Å². The van der Waals surface area contributed by atoms with Crippen molar-refractivity contribution in [2.75, 3.05) is 0 Å². The number of H-pyrrole nitrogens is 1. The fraction of sp³-hybridized carbons (Fsp3) is 0.533. The summed E-state index contributed by atoms with van der Waals surface area (Å²) in [6.07, 6.45) is 4.22. The lowest BCUT2D eigenvalue weighted by Crippen LogP contribution is -2.05. The summed E-state index contributed by atoms with van der Waals surface area (Å²) in [7, 11) is 0. The average Bonchev–Trinajstić information content (AvgIpc) is 2.76. The van der Waals surface area contributed by atoms with E-state index in [9.17, 15) is 4.39 Å². The average molecular weight is 274 g/mol. The normalized spacial score (nSPS) is 38.9. The van der Waals surface area contributed by atoms with Crippen molar-refractivity contribution in [3.8, 4) is 0 Å². The van der Waals surface area contributed by atoms with E-state index in [1.807, 2.05) is 6.07 Å². The van der Waals surface area contributed by atoms with E-state index in [4.69, 9.17) is 12.2 Å². The molecule has 4 atom stereocenters. The highest BCUT2D eigenvalue weighted by Gasteiger charge is 2.66. The van der Waals surface area contributed by atoms with Gasteiger partial charge in [0.15, 0.2) is 4.77 Å². The third kappa shape index (κ3) is 1.19. The van der Waals surface area contributed by atoms with Gasteiger partial charge in [0.25, 0.3) is 0 Å². The number of imidazole rings is 1. The number of benzene rings is 1. The molecule has 0 spiro atoms. The lowest BCUT2D eigenvalue weighted by molar-refractivity contribution is 0.456. The van der Waals surface area contributed by atoms with E-state index in [2.05, 4.69) is 9.55 Å². The first kappa shape index (κ1) is 10.6. The second kappa shape index (κ2) is 3.29. The van der Waals surface area contributed by atoms with E-state index in [0.717, 1.165) is 29.2 Å². The third-order valence-electron chi connectivity index (χ3n) is 5.69. The fourth-order valence-corrected chi connectivity index (χ4v) is 5.36. The summed E-state index contributed by atoms with van der Waals surface area (Å²) in [5.74, 6) is 3.23. The van der Waals surface area contributed by atoms with Crippen LogP contribution in [0.25, 0.3) is 11.0 Å². The molecule has 4 unspecified atom stereocenters. The molecule has 0 saturated heterocycles. The molecule has 2 nitrogen and oxygen atoms in total. The smallest absolute Gasteiger partial charge is 0.178 e. The molecule has 1 heterocycles. The molecule has 0 radical (unpaired) electrons. The van der Waals surface area contributed by atoms with E-state index in [-0.39, 0.29) is 5.82 Å². The van der Waals surface area contributed by atoms with Gasteiger partial charge in [0.05, 0.1) is 5.52 Å². The van der Waals surface area contributed by atoms with Gasteiger partial charge in [-0.25, -0.2) is 4.39 Å². The number of hydrogen-bond acceptors (Lipinski definition) is 1. The highest BCUT2D eigenvalue weighted by Crippen LogP contribution is 2.71. The summed E-state index contributed by atoms with van der Waals surface area (Å²) in [4.78, 5) is 3.06. The first-order valence-corrected chi connectivity index (χ1v) is 7.55. The third-order valence-corrected chi connectivity index (χ3v) is 5.99. The molecule has 2 bridgehead atoms. The molecule has 4 heteroatoms. The van der Waals surface area contributed by atoms with Crippen molar-refractivity contribution in [3.63, 3.8) is 0 Å². The Kier molecular flexibility index (Phi) is 1.84. The standard InChI is InChI=1S/C15H15FN2S/c16-9-2-1-3-10-13(9)17-15(19)18(10)14-11-7-4-5-8(6-7)12(11)14/h1-3,7-8,11-12,14H,4-6H2,(H,17,19). The highest BCUT2D eigenvalue weighted by molar-refractivity contribution is 7.71. The number of para-hydroxylation sites is 1. The Balaban J connectivity index is 1.69. The minimum Gasteiger partial charge on any atom is -0.328 e. The van der Waals surface area contributed by atoms with Gasteiger partial charge in [-0.05, 0) is 67.3 Å². The summed E-state index contributed by atoms with van der Waals surface area (Å²) < 4.78 is 16.7. The van der Waals surface area contributed by atoms with E-state index < -0.39 is 0 Å². The summed E-state index contributed by atoms with van der Waals surface area (Å²) in [5, 5.41) is 0. The Labute approximate surface area is 115 Å². The molecule has 3 aliphatic carbocycles. The lowest BCUT2D eigenvalue weighted by Gasteiger charge is -2.10. The van der Waals surface area contributed by atoms with Gasteiger partial charge in [0.1, 0.15) is 11.3 Å². The van der Waals surface area contributed by atoms with Crippen molar-refractivity contribution in [3.05, 3.63) is 28.8 Å². The largest absolute Gasteiger partial charge is 0.328 e. The molecule has 3 fully saturated rings. The van der Waals surface area contributed by atoms with Crippen LogP contribution < -0.4 is 0 Å².